The third-order valence-electron chi connectivity index (χ3n) is 4.91. The van der Waals surface area contributed by atoms with E-state index >= 15 is 0 Å². The van der Waals surface area contributed by atoms with Gasteiger partial charge in [0.15, 0.2) is 0 Å². The number of hydrogen-bond donors (Lipinski definition) is 2. The normalized spacial score (nSPS) is 10.9. The fourth-order valence-corrected chi connectivity index (χ4v) is 3.37. The minimum atomic E-state index is -0.130. The Morgan fingerprint density at radius 2 is 2.04 bits per heavy atom. The van der Waals surface area contributed by atoms with Gasteiger partial charge in [-0.3, -0.25) is 4.79 Å². The number of ether oxygens (including phenoxy) is 1. The summed E-state index contributed by atoms with van der Waals surface area (Å²) in [6.45, 7) is 0.537. The molecule has 0 unspecified atom stereocenters. The van der Waals surface area contributed by atoms with Crippen molar-refractivity contribution in [2.24, 2.45) is 7.05 Å². The summed E-state index contributed by atoms with van der Waals surface area (Å²) < 4.78 is 7.13. The maximum atomic E-state index is 12.6. The Kier molecular flexibility index (Phi) is 4.85. The molecular formula is C22H22N4O2. The Hall–Kier alpha value is -3.54. The van der Waals surface area contributed by atoms with Crippen LogP contribution in [0.15, 0.2) is 60.9 Å². The molecule has 0 aliphatic heterocycles. The Labute approximate surface area is 163 Å². The number of hydrogen-bond acceptors (Lipinski definition) is 3. The van der Waals surface area contributed by atoms with E-state index in [0.29, 0.717) is 12.2 Å². The lowest BCUT2D eigenvalue weighted by molar-refractivity contribution is 0.0946. The zero-order valence-corrected chi connectivity index (χ0v) is 15.9. The van der Waals surface area contributed by atoms with Gasteiger partial charge in [0, 0.05) is 36.3 Å². The Morgan fingerprint density at radius 3 is 2.82 bits per heavy atom. The van der Waals surface area contributed by atoms with E-state index in [4.69, 9.17) is 4.74 Å². The molecule has 0 radical (unpaired) electrons. The highest BCUT2D eigenvalue weighted by atomic mass is 16.5. The zero-order valence-electron chi connectivity index (χ0n) is 15.9. The maximum absolute atomic E-state index is 12.6. The van der Waals surface area contributed by atoms with Crippen LogP contribution in [-0.2, 0) is 13.5 Å². The van der Waals surface area contributed by atoms with Crippen molar-refractivity contribution < 1.29 is 9.53 Å². The fourth-order valence-electron chi connectivity index (χ4n) is 3.37. The van der Waals surface area contributed by atoms with Crippen LogP contribution in [0.1, 0.15) is 16.1 Å². The standard InChI is InChI=1S/C22H22N4O2/c1-26-20(14-25-21(26)15-6-4-3-5-7-15)22(27)23-11-10-16-13-24-19-9-8-17(28-2)12-18(16)19/h3-9,12-14,24H,10-11H2,1-2H3,(H,23,27). The molecule has 2 aromatic heterocycles. The minimum absolute atomic E-state index is 0.130. The van der Waals surface area contributed by atoms with Gasteiger partial charge in [0.2, 0.25) is 0 Å². The number of fused-ring (bicyclic) bond motifs is 1. The van der Waals surface area contributed by atoms with Crippen molar-refractivity contribution in [1.29, 1.82) is 0 Å². The molecule has 1 amide bonds. The minimum Gasteiger partial charge on any atom is -0.497 e. The zero-order chi connectivity index (χ0) is 19.5. The number of benzene rings is 2. The van der Waals surface area contributed by atoms with Crippen LogP contribution in [0.4, 0.5) is 0 Å². The summed E-state index contributed by atoms with van der Waals surface area (Å²) >= 11 is 0. The smallest absolute Gasteiger partial charge is 0.269 e. The number of nitrogens with zero attached hydrogens (tertiary/aromatic N) is 2. The molecule has 142 valence electrons. The molecule has 0 atom stereocenters. The molecule has 0 aliphatic rings. The number of rotatable bonds is 6. The van der Waals surface area contributed by atoms with Crippen LogP contribution in [0.2, 0.25) is 0 Å². The van der Waals surface area contributed by atoms with Crippen LogP contribution < -0.4 is 10.1 Å². The molecule has 6 heteroatoms. The van der Waals surface area contributed by atoms with Gasteiger partial charge in [-0.25, -0.2) is 4.98 Å². The summed E-state index contributed by atoms with van der Waals surface area (Å²) in [5.41, 5.74) is 3.72. The third-order valence-corrected chi connectivity index (χ3v) is 4.91. The van der Waals surface area contributed by atoms with E-state index in [9.17, 15) is 4.79 Å². The van der Waals surface area contributed by atoms with Gasteiger partial charge in [0.05, 0.1) is 13.3 Å². The van der Waals surface area contributed by atoms with E-state index in [1.807, 2.05) is 66.3 Å². The van der Waals surface area contributed by atoms with E-state index in [2.05, 4.69) is 15.3 Å². The van der Waals surface area contributed by atoms with Crippen LogP contribution in [0.5, 0.6) is 5.75 Å². The average Bonchev–Trinajstić information content (AvgIpc) is 3.31. The van der Waals surface area contributed by atoms with Gasteiger partial charge in [-0.1, -0.05) is 30.3 Å². The second-order valence-corrected chi connectivity index (χ2v) is 6.62. The predicted octanol–water partition coefficient (Wildman–Crippen LogP) is 3.55. The lowest BCUT2D eigenvalue weighted by Crippen LogP contribution is -2.27. The number of nitrogens with one attached hydrogen (secondary N) is 2. The molecule has 0 fully saturated rings. The van der Waals surface area contributed by atoms with Crippen LogP contribution >= 0.6 is 0 Å². The van der Waals surface area contributed by atoms with Crippen molar-refractivity contribution in [3.8, 4) is 17.1 Å². The van der Waals surface area contributed by atoms with Gasteiger partial charge < -0.3 is 19.6 Å². The summed E-state index contributed by atoms with van der Waals surface area (Å²) in [6, 6.07) is 15.8. The van der Waals surface area contributed by atoms with Crippen LogP contribution in [0.3, 0.4) is 0 Å². The molecule has 28 heavy (non-hydrogen) atoms. The quantitative estimate of drug-likeness (QED) is 0.542. The molecule has 6 nitrogen and oxygen atoms in total. The van der Waals surface area contributed by atoms with Gasteiger partial charge >= 0.3 is 0 Å². The molecule has 4 rings (SSSR count). The van der Waals surface area contributed by atoms with Gasteiger partial charge in [-0.05, 0) is 30.2 Å². The van der Waals surface area contributed by atoms with Crippen molar-refractivity contribution >= 4 is 16.8 Å². The van der Waals surface area contributed by atoms with Crippen molar-refractivity contribution in [3.05, 3.63) is 72.2 Å². The summed E-state index contributed by atoms with van der Waals surface area (Å²) in [5, 5.41) is 4.10. The second-order valence-electron chi connectivity index (χ2n) is 6.62. The highest BCUT2D eigenvalue weighted by Gasteiger charge is 2.15. The summed E-state index contributed by atoms with van der Waals surface area (Å²) in [7, 11) is 3.52. The van der Waals surface area contributed by atoms with E-state index < -0.39 is 0 Å². The molecule has 0 bridgehead atoms. The first-order valence-electron chi connectivity index (χ1n) is 9.16. The number of amides is 1. The lowest BCUT2D eigenvalue weighted by atomic mass is 10.1. The van der Waals surface area contributed by atoms with E-state index in [0.717, 1.165) is 40.0 Å². The fraction of sp³-hybridized carbons (Fsp3) is 0.182. The number of carbonyl (C=O) groups excluding carboxylic acids is 1. The first kappa shape index (κ1) is 17.9. The number of imidazole rings is 1. The topological polar surface area (TPSA) is 71.9 Å². The van der Waals surface area contributed by atoms with Crippen LogP contribution in [0, 0.1) is 0 Å². The van der Waals surface area contributed by atoms with E-state index in [-0.39, 0.29) is 5.91 Å². The van der Waals surface area contributed by atoms with Crippen molar-refractivity contribution in [3.63, 3.8) is 0 Å². The number of methoxy groups -OCH3 is 1. The van der Waals surface area contributed by atoms with Gasteiger partial charge in [-0.2, -0.15) is 0 Å². The third kappa shape index (κ3) is 3.36. The lowest BCUT2D eigenvalue weighted by Gasteiger charge is -2.07. The van der Waals surface area contributed by atoms with Gasteiger partial charge in [-0.15, -0.1) is 0 Å². The molecular weight excluding hydrogens is 352 g/mol. The monoisotopic (exact) mass is 374 g/mol. The van der Waals surface area contributed by atoms with E-state index in [1.54, 1.807) is 13.3 Å². The van der Waals surface area contributed by atoms with Crippen LogP contribution in [-0.4, -0.2) is 34.1 Å². The molecule has 0 saturated heterocycles. The van der Waals surface area contributed by atoms with Gasteiger partial charge in [0.25, 0.3) is 5.91 Å². The Morgan fingerprint density at radius 1 is 1.21 bits per heavy atom. The number of H-pyrrole nitrogens is 1. The van der Waals surface area contributed by atoms with Crippen molar-refractivity contribution in [2.75, 3.05) is 13.7 Å². The number of aromatic nitrogens is 3. The summed E-state index contributed by atoms with van der Waals surface area (Å²) in [4.78, 5) is 20.3. The molecule has 4 aromatic rings. The first-order chi connectivity index (χ1) is 13.7. The van der Waals surface area contributed by atoms with E-state index in [1.165, 1.54) is 0 Å². The van der Waals surface area contributed by atoms with Gasteiger partial charge in [0.1, 0.15) is 17.3 Å². The molecule has 0 aliphatic carbocycles. The summed E-state index contributed by atoms with van der Waals surface area (Å²) in [5.74, 6) is 1.46. The molecule has 0 spiro atoms. The number of carbonyl (C=O) groups is 1. The highest BCUT2D eigenvalue weighted by Crippen LogP contribution is 2.24. The molecule has 2 aromatic carbocycles. The predicted molar refractivity (Wildman–Crippen MR) is 110 cm³/mol. The average molecular weight is 374 g/mol. The first-order valence-corrected chi connectivity index (χ1v) is 9.16. The largest absolute Gasteiger partial charge is 0.497 e. The highest BCUT2D eigenvalue weighted by molar-refractivity contribution is 5.93. The molecule has 2 N–H and O–H groups in total. The van der Waals surface area contributed by atoms with Crippen LogP contribution in [0.25, 0.3) is 22.3 Å². The Bertz CT molecular complexity index is 1110. The van der Waals surface area contributed by atoms with Crippen molar-refractivity contribution in [2.45, 2.75) is 6.42 Å². The molecule has 2 heterocycles. The SMILES string of the molecule is COc1ccc2[nH]cc(CCNC(=O)c3cnc(-c4ccccc4)n3C)c2c1. The maximum Gasteiger partial charge on any atom is 0.269 e. The van der Waals surface area contributed by atoms with Crippen molar-refractivity contribution in [1.82, 2.24) is 19.9 Å². The second kappa shape index (κ2) is 7.60. The summed E-state index contributed by atoms with van der Waals surface area (Å²) in [6.07, 6.45) is 4.32. The Balaban J connectivity index is 1.44. The molecule has 0 saturated carbocycles. The number of aromatic amines is 1.